The molecular formula is C20H37N3O. The van der Waals surface area contributed by atoms with Crippen molar-refractivity contribution in [1.29, 1.82) is 5.41 Å². The molecular weight excluding hydrogens is 298 g/mol. The van der Waals surface area contributed by atoms with E-state index >= 15 is 0 Å². The molecule has 0 unspecified atom stereocenters. The normalized spacial score (nSPS) is 12.5. The van der Waals surface area contributed by atoms with Gasteiger partial charge in [-0.3, -0.25) is 4.79 Å². The summed E-state index contributed by atoms with van der Waals surface area (Å²) in [5, 5.41) is 10.5. The van der Waals surface area contributed by atoms with Crippen LogP contribution in [0.3, 0.4) is 0 Å². The van der Waals surface area contributed by atoms with Gasteiger partial charge >= 0.3 is 0 Å². The zero-order valence-electron chi connectivity index (χ0n) is 17.1. The summed E-state index contributed by atoms with van der Waals surface area (Å²) < 4.78 is 0. The molecule has 0 aliphatic rings. The second-order valence-corrected chi connectivity index (χ2v) is 6.85. The Bertz CT molecular complexity index is 480. The Morgan fingerprint density at radius 3 is 2.04 bits per heavy atom. The third-order valence-electron chi connectivity index (χ3n) is 3.13. The second kappa shape index (κ2) is 12.6. The van der Waals surface area contributed by atoms with Crippen LogP contribution in [-0.4, -0.2) is 30.1 Å². The third-order valence-corrected chi connectivity index (χ3v) is 3.13. The molecule has 0 fully saturated rings. The highest BCUT2D eigenvalue weighted by atomic mass is 16.2. The van der Waals surface area contributed by atoms with Gasteiger partial charge in [-0.2, -0.15) is 0 Å². The smallest absolute Gasteiger partial charge is 0.229 e. The second-order valence-electron chi connectivity index (χ2n) is 6.85. The molecule has 0 aliphatic heterocycles. The lowest BCUT2D eigenvalue weighted by Crippen LogP contribution is -2.34. The van der Waals surface area contributed by atoms with E-state index in [0.29, 0.717) is 12.3 Å². The number of likely N-dealkylation sites (N-methyl/N-ethyl adjacent to an activating group) is 1. The maximum atomic E-state index is 11.8. The molecule has 0 rings (SSSR count). The zero-order valence-corrected chi connectivity index (χ0v) is 17.1. The fourth-order valence-corrected chi connectivity index (χ4v) is 1.71. The summed E-state index contributed by atoms with van der Waals surface area (Å²) in [6.45, 7) is 16.0. The fourth-order valence-electron chi connectivity index (χ4n) is 1.71. The first kappa shape index (κ1) is 24.4. The highest BCUT2D eigenvalue weighted by Gasteiger charge is 2.21. The molecule has 0 aromatic rings. The third kappa shape index (κ3) is 12.7. The van der Waals surface area contributed by atoms with Crippen molar-refractivity contribution in [2.45, 2.75) is 61.8 Å². The largest absolute Gasteiger partial charge is 0.375 e. The van der Waals surface area contributed by atoms with E-state index < -0.39 is 5.41 Å². The Morgan fingerprint density at radius 1 is 1.21 bits per heavy atom. The van der Waals surface area contributed by atoms with E-state index in [1.807, 2.05) is 65.8 Å². The molecule has 0 aromatic carbocycles. The molecule has 0 saturated heterocycles. The summed E-state index contributed by atoms with van der Waals surface area (Å²) in [5.74, 6) is 0.00383. The van der Waals surface area contributed by atoms with Crippen molar-refractivity contribution < 1.29 is 4.79 Å². The Balaban J connectivity index is 0. The molecule has 4 nitrogen and oxygen atoms in total. The van der Waals surface area contributed by atoms with E-state index in [9.17, 15) is 4.79 Å². The van der Waals surface area contributed by atoms with Crippen LogP contribution in [0.2, 0.25) is 0 Å². The molecule has 1 amide bonds. The first-order valence-corrected chi connectivity index (χ1v) is 8.51. The molecule has 4 heteroatoms. The first-order chi connectivity index (χ1) is 11.0. The summed E-state index contributed by atoms with van der Waals surface area (Å²) in [6, 6.07) is 0. The summed E-state index contributed by atoms with van der Waals surface area (Å²) in [4.78, 5) is 13.8. The number of allylic oxidation sites excluding steroid dienone is 4. The van der Waals surface area contributed by atoms with Gasteiger partial charge in [0.1, 0.15) is 0 Å². The molecule has 0 aromatic heterocycles. The van der Waals surface area contributed by atoms with Crippen LogP contribution in [0.1, 0.15) is 61.8 Å². The van der Waals surface area contributed by atoms with Crippen molar-refractivity contribution in [3.8, 4) is 0 Å². The first-order valence-electron chi connectivity index (χ1n) is 8.51. The molecule has 0 atom stereocenters. The number of rotatable bonds is 6. The van der Waals surface area contributed by atoms with E-state index in [-0.39, 0.29) is 5.91 Å². The highest BCUT2D eigenvalue weighted by molar-refractivity contribution is 5.95. The van der Waals surface area contributed by atoms with Gasteiger partial charge in [0.25, 0.3) is 0 Å². The van der Waals surface area contributed by atoms with Gasteiger partial charge in [-0.1, -0.05) is 45.9 Å². The van der Waals surface area contributed by atoms with Crippen LogP contribution in [0.4, 0.5) is 0 Å². The fraction of sp³-hybridized carbons (Fsp3) is 0.600. The number of nitrogens with zero attached hydrogens (tertiary/aromatic N) is 1. The molecule has 0 aliphatic carbocycles. The monoisotopic (exact) mass is 335 g/mol. The molecule has 0 saturated carbocycles. The van der Waals surface area contributed by atoms with Crippen molar-refractivity contribution in [2.75, 3.05) is 13.6 Å². The van der Waals surface area contributed by atoms with Gasteiger partial charge in [0, 0.05) is 36.6 Å². The molecule has 0 bridgehead atoms. The molecule has 138 valence electrons. The maximum absolute atomic E-state index is 11.8. The zero-order chi connectivity index (χ0) is 19.3. The standard InChI is InChI=1S/C15H27N3O.C5H10/c1-8-13(12(3)16)10-18(7)9-11(2)17-14(19)15(4,5)6;1-3-5-4-2/h8-9,16H,10H2,1-7H3,(H,17,19);3,5H,4H2,1-2H3/b11-9+,13-8-,16-12?;5-3-. The van der Waals surface area contributed by atoms with Crippen LogP contribution in [0.5, 0.6) is 0 Å². The summed E-state index contributed by atoms with van der Waals surface area (Å²) in [7, 11) is 1.93. The predicted octanol–water partition coefficient (Wildman–Crippen LogP) is 4.90. The van der Waals surface area contributed by atoms with Crippen molar-refractivity contribution in [3.63, 3.8) is 0 Å². The Labute approximate surface area is 149 Å². The summed E-state index contributed by atoms with van der Waals surface area (Å²) in [6.07, 6.45) is 9.17. The van der Waals surface area contributed by atoms with Gasteiger partial charge in [0.15, 0.2) is 0 Å². The minimum absolute atomic E-state index is 0.00383. The minimum atomic E-state index is -0.395. The predicted molar refractivity (Wildman–Crippen MR) is 106 cm³/mol. The van der Waals surface area contributed by atoms with Crippen LogP contribution in [0, 0.1) is 10.8 Å². The van der Waals surface area contributed by atoms with E-state index in [0.717, 1.165) is 17.7 Å². The van der Waals surface area contributed by atoms with Gasteiger partial charge in [-0.25, -0.2) is 0 Å². The van der Waals surface area contributed by atoms with E-state index in [1.54, 1.807) is 6.92 Å². The molecule has 2 N–H and O–H groups in total. The lowest BCUT2D eigenvalue weighted by molar-refractivity contribution is -0.127. The molecule has 0 heterocycles. The van der Waals surface area contributed by atoms with E-state index in [1.165, 1.54) is 0 Å². The van der Waals surface area contributed by atoms with Crippen molar-refractivity contribution in [2.24, 2.45) is 5.41 Å². The minimum Gasteiger partial charge on any atom is -0.375 e. The van der Waals surface area contributed by atoms with Crippen LogP contribution in [0.25, 0.3) is 0 Å². The van der Waals surface area contributed by atoms with E-state index in [2.05, 4.69) is 24.4 Å². The van der Waals surface area contributed by atoms with Gasteiger partial charge in [-0.15, -0.1) is 0 Å². The average Bonchev–Trinajstić information content (AvgIpc) is 2.44. The van der Waals surface area contributed by atoms with Crippen molar-refractivity contribution in [3.05, 3.63) is 35.7 Å². The molecule has 0 radical (unpaired) electrons. The Hall–Kier alpha value is -1.84. The van der Waals surface area contributed by atoms with Crippen molar-refractivity contribution >= 4 is 11.6 Å². The van der Waals surface area contributed by atoms with Gasteiger partial charge < -0.3 is 15.6 Å². The molecule has 24 heavy (non-hydrogen) atoms. The molecule has 0 spiro atoms. The van der Waals surface area contributed by atoms with Crippen molar-refractivity contribution in [1.82, 2.24) is 10.2 Å². The van der Waals surface area contributed by atoms with Crippen LogP contribution >= 0.6 is 0 Å². The number of carbonyl (C=O) groups excluding carboxylic acids is 1. The Morgan fingerprint density at radius 2 is 1.75 bits per heavy atom. The van der Waals surface area contributed by atoms with Crippen LogP contribution in [-0.2, 0) is 4.79 Å². The lowest BCUT2D eigenvalue weighted by Gasteiger charge is -2.21. The lowest BCUT2D eigenvalue weighted by atomic mass is 9.96. The summed E-state index contributed by atoms with van der Waals surface area (Å²) in [5.41, 5.74) is 1.96. The quantitative estimate of drug-likeness (QED) is 0.536. The SMILES string of the molecule is C/C=C(/CN(C)/C=C(\C)NC(=O)C(C)(C)C)C(C)=N.C/C=C\CC. The number of amides is 1. The van der Waals surface area contributed by atoms with Gasteiger partial charge in [-0.05, 0) is 39.7 Å². The highest BCUT2D eigenvalue weighted by Crippen LogP contribution is 2.13. The van der Waals surface area contributed by atoms with Crippen LogP contribution in [0.15, 0.2) is 35.7 Å². The summed E-state index contributed by atoms with van der Waals surface area (Å²) >= 11 is 0. The number of carbonyl (C=O) groups is 1. The number of hydrogen-bond donors (Lipinski definition) is 2. The number of hydrogen-bond acceptors (Lipinski definition) is 3. The van der Waals surface area contributed by atoms with Crippen LogP contribution < -0.4 is 5.32 Å². The average molecular weight is 336 g/mol. The number of nitrogens with one attached hydrogen (secondary N) is 2. The van der Waals surface area contributed by atoms with Gasteiger partial charge in [0.2, 0.25) is 5.91 Å². The Kier molecular flexibility index (Phi) is 12.8. The van der Waals surface area contributed by atoms with E-state index in [4.69, 9.17) is 5.41 Å². The van der Waals surface area contributed by atoms with Gasteiger partial charge in [0.05, 0.1) is 0 Å². The maximum Gasteiger partial charge on any atom is 0.229 e. The topological polar surface area (TPSA) is 56.2 Å².